The van der Waals surface area contributed by atoms with Gasteiger partial charge in [-0.1, -0.05) is 12.1 Å². The van der Waals surface area contributed by atoms with Crippen molar-refractivity contribution < 1.29 is 24.2 Å². The van der Waals surface area contributed by atoms with Crippen LogP contribution in [-0.2, 0) is 9.59 Å². The molecule has 1 rings (SSSR count). The van der Waals surface area contributed by atoms with E-state index in [1.807, 2.05) is 0 Å². The van der Waals surface area contributed by atoms with Gasteiger partial charge in [-0.3, -0.25) is 4.79 Å². The van der Waals surface area contributed by atoms with Gasteiger partial charge in [0.1, 0.15) is 11.3 Å². The lowest BCUT2D eigenvalue weighted by Crippen LogP contribution is -2.18. The molecule has 0 saturated heterocycles. The highest BCUT2D eigenvalue weighted by Crippen LogP contribution is 2.17. The van der Waals surface area contributed by atoms with Crippen molar-refractivity contribution in [2.45, 2.75) is 6.92 Å². The number of carbonyl (C=O) groups is 3. The van der Waals surface area contributed by atoms with E-state index in [9.17, 15) is 14.4 Å². The highest BCUT2D eigenvalue weighted by atomic mass is 16.5. The van der Waals surface area contributed by atoms with Crippen LogP contribution in [0.2, 0.25) is 0 Å². The van der Waals surface area contributed by atoms with Crippen molar-refractivity contribution in [3.8, 4) is 5.75 Å². The van der Waals surface area contributed by atoms with E-state index in [-0.39, 0.29) is 11.3 Å². The third-order valence-corrected chi connectivity index (χ3v) is 1.61. The Labute approximate surface area is 85.3 Å². The predicted molar refractivity (Wildman–Crippen MR) is 49.7 cm³/mol. The molecule has 0 aliphatic carbocycles. The average molecular weight is 208 g/mol. The first-order valence-corrected chi connectivity index (χ1v) is 4.07. The normalized spacial score (nSPS) is 9.40. The van der Waals surface area contributed by atoms with Gasteiger partial charge in [0.05, 0.1) is 0 Å². The number of esters is 1. The third-order valence-electron chi connectivity index (χ3n) is 1.61. The predicted octanol–water partition coefficient (Wildman–Crippen LogP) is 0.879. The molecule has 0 atom stereocenters. The molecule has 0 amide bonds. The summed E-state index contributed by atoms with van der Waals surface area (Å²) in [5, 5.41) is 8.74. The number of carbonyl (C=O) groups excluding carboxylic acids is 2. The Morgan fingerprint density at radius 2 is 1.80 bits per heavy atom. The zero-order valence-electron chi connectivity index (χ0n) is 7.89. The molecule has 0 unspecified atom stereocenters. The zero-order chi connectivity index (χ0) is 11.4. The molecule has 5 heteroatoms. The van der Waals surface area contributed by atoms with Crippen LogP contribution in [0.1, 0.15) is 17.3 Å². The Balaban J connectivity index is 2.99. The molecule has 0 spiro atoms. The van der Waals surface area contributed by atoms with Crippen molar-refractivity contribution >= 4 is 17.7 Å². The summed E-state index contributed by atoms with van der Waals surface area (Å²) >= 11 is 0. The van der Waals surface area contributed by atoms with E-state index in [4.69, 9.17) is 5.11 Å². The number of aromatic carboxylic acids is 1. The summed E-state index contributed by atoms with van der Waals surface area (Å²) in [6.45, 7) is 1.05. The van der Waals surface area contributed by atoms with Crippen LogP contribution in [0, 0.1) is 0 Å². The van der Waals surface area contributed by atoms with Crippen LogP contribution in [0.5, 0.6) is 5.75 Å². The standard InChI is InChI=1S/C10H8O5/c1-6(11)10(14)15-8-5-3-2-4-7(8)9(12)13/h2-5H,1H3,(H,12,13). The van der Waals surface area contributed by atoms with Crippen molar-refractivity contribution in [2.24, 2.45) is 0 Å². The van der Waals surface area contributed by atoms with Gasteiger partial charge in [-0.2, -0.15) is 0 Å². The fraction of sp³-hybridized carbons (Fsp3) is 0.100. The van der Waals surface area contributed by atoms with Gasteiger partial charge in [0.2, 0.25) is 5.78 Å². The van der Waals surface area contributed by atoms with Crippen LogP contribution in [0.15, 0.2) is 24.3 Å². The highest BCUT2D eigenvalue weighted by molar-refractivity contribution is 6.33. The molecule has 0 fully saturated rings. The van der Waals surface area contributed by atoms with E-state index in [2.05, 4.69) is 4.74 Å². The fourth-order valence-electron chi connectivity index (χ4n) is 0.904. The van der Waals surface area contributed by atoms with Gasteiger partial charge >= 0.3 is 11.9 Å². The van der Waals surface area contributed by atoms with Gasteiger partial charge in [0.25, 0.3) is 0 Å². The maximum Gasteiger partial charge on any atom is 0.379 e. The molecule has 0 aliphatic heterocycles. The molecular formula is C10H8O5. The first-order valence-electron chi connectivity index (χ1n) is 4.07. The lowest BCUT2D eigenvalue weighted by Gasteiger charge is -2.04. The topological polar surface area (TPSA) is 80.7 Å². The number of hydrogen-bond donors (Lipinski definition) is 1. The van der Waals surface area contributed by atoms with E-state index in [0.717, 1.165) is 6.92 Å². The number of carboxylic acid groups (broad SMARTS) is 1. The summed E-state index contributed by atoms with van der Waals surface area (Å²) in [6, 6.07) is 5.60. The minimum Gasteiger partial charge on any atom is -0.478 e. The number of ether oxygens (including phenoxy) is 1. The summed E-state index contributed by atoms with van der Waals surface area (Å²) in [4.78, 5) is 32.2. The van der Waals surface area contributed by atoms with E-state index in [1.165, 1.54) is 24.3 Å². The van der Waals surface area contributed by atoms with Gasteiger partial charge in [-0.15, -0.1) is 0 Å². The summed E-state index contributed by atoms with van der Waals surface area (Å²) in [5.41, 5.74) is -0.160. The SMILES string of the molecule is CC(=O)C(=O)Oc1ccccc1C(=O)O. The van der Waals surface area contributed by atoms with Crippen molar-refractivity contribution in [3.05, 3.63) is 29.8 Å². The van der Waals surface area contributed by atoms with Crippen LogP contribution in [0.25, 0.3) is 0 Å². The van der Waals surface area contributed by atoms with Gasteiger partial charge in [-0.05, 0) is 12.1 Å². The number of benzene rings is 1. The number of ketones is 1. The second kappa shape index (κ2) is 4.36. The van der Waals surface area contributed by atoms with Gasteiger partial charge < -0.3 is 9.84 Å². The summed E-state index contributed by atoms with van der Waals surface area (Å²) in [7, 11) is 0. The monoisotopic (exact) mass is 208 g/mol. The summed E-state index contributed by atoms with van der Waals surface area (Å²) in [5.74, 6) is -3.22. The first-order chi connectivity index (χ1) is 7.02. The quantitative estimate of drug-likeness (QED) is 0.453. The Bertz CT molecular complexity index is 422. The molecule has 1 N–H and O–H groups in total. The van der Waals surface area contributed by atoms with Crippen LogP contribution in [0.4, 0.5) is 0 Å². The molecular weight excluding hydrogens is 200 g/mol. The molecule has 0 aromatic heterocycles. The molecule has 0 radical (unpaired) electrons. The zero-order valence-corrected chi connectivity index (χ0v) is 7.89. The molecule has 15 heavy (non-hydrogen) atoms. The molecule has 78 valence electrons. The van der Waals surface area contributed by atoms with Crippen LogP contribution < -0.4 is 4.74 Å². The minimum atomic E-state index is -1.22. The number of carboxylic acids is 1. The molecule has 1 aromatic rings. The molecule has 0 bridgehead atoms. The molecule has 0 saturated carbocycles. The fourth-order valence-corrected chi connectivity index (χ4v) is 0.904. The number of rotatable bonds is 3. The molecule has 5 nitrogen and oxygen atoms in total. The number of hydrogen-bond acceptors (Lipinski definition) is 4. The molecule has 0 heterocycles. The Kier molecular flexibility index (Phi) is 3.17. The van der Waals surface area contributed by atoms with Crippen molar-refractivity contribution in [1.29, 1.82) is 0 Å². The van der Waals surface area contributed by atoms with Crippen molar-refractivity contribution in [2.75, 3.05) is 0 Å². The largest absolute Gasteiger partial charge is 0.478 e. The van der Waals surface area contributed by atoms with Crippen LogP contribution in [-0.4, -0.2) is 22.8 Å². The maximum absolute atomic E-state index is 10.9. The van der Waals surface area contributed by atoms with Crippen LogP contribution in [0.3, 0.4) is 0 Å². The van der Waals surface area contributed by atoms with Gasteiger partial charge in [0, 0.05) is 6.92 Å². The van der Waals surface area contributed by atoms with Gasteiger partial charge in [-0.25, -0.2) is 9.59 Å². The van der Waals surface area contributed by atoms with E-state index < -0.39 is 17.7 Å². The number of Topliss-reactive ketones (excluding diaryl/α,β-unsaturated/α-hetero) is 1. The van der Waals surface area contributed by atoms with Gasteiger partial charge in [0.15, 0.2) is 0 Å². The Hall–Kier alpha value is -2.17. The smallest absolute Gasteiger partial charge is 0.379 e. The maximum atomic E-state index is 10.9. The van der Waals surface area contributed by atoms with Crippen molar-refractivity contribution in [3.63, 3.8) is 0 Å². The Morgan fingerprint density at radius 3 is 2.33 bits per heavy atom. The van der Waals surface area contributed by atoms with Crippen LogP contribution >= 0.6 is 0 Å². The lowest BCUT2D eigenvalue weighted by molar-refractivity contribution is -0.146. The second-order valence-corrected chi connectivity index (χ2v) is 2.75. The Morgan fingerprint density at radius 1 is 1.20 bits per heavy atom. The summed E-state index contributed by atoms with van der Waals surface area (Å²) < 4.78 is 4.60. The lowest BCUT2D eigenvalue weighted by atomic mass is 10.2. The van der Waals surface area contributed by atoms with E-state index >= 15 is 0 Å². The molecule has 1 aromatic carbocycles. The van der Waals surface area contributed by atoms with E-state index in [0.29, 0.717) is 0 Å². The second-order valence-electron chi connectivity index (χ2n) is 2.75. The molecule has 0 aliphatic rings. The minimum absolute atomic E-state index is 0.134. The number of para-hydroxylation sites is 1. The highest BCUT2D eigenvalue weighted by Gasteiger charge is 2.16. The summed E-state index contributed by atoms with van der Waals surface area (Å²) in [6.07, 6.45) is 0. The van der Waals surface area contributed by atoms with Crippen molar-refractivity contribution in [1.82, 2.24) is 0 Å². The van der Waals surface area contributed by atoms with E-state index in [1.54, 1.807) is 0 Å². The third kappa shape index (κ3) is 2.63. The average Bonchev–Trinajstić information content (AvgIpc) is 2.18. The first kappa shape index (κ1) is 10.9.